The van der Waals surface area contributed by atoms with Crippen molar-refractivity contribution >= 4 is 12.2 Å². The Balaban J connectivity index is 1.65. The van der Waals surface area contributed by atoms with Crippen molar-refractivity contribution in [2.45, 2.75) is 26.7 Å². The molecule has 0 spiro atoms. The first-order chi connectivity index (χ1) is 14.6. The van der Waals surface area contributed by atoms with E-state index in [-0.39, 0.29) is 0 Å². The fourth-order valence-electron chi connectivity index (χ4n) is 3.61. The number of rotatable bonds is 7. The average Bonchev–Trinajstić information content (AvgIpc) is 3.06. The Labute approximate surface area is 182 Å². The van der Waals surface area contributed by atoms with Crippen molar-refractivity contribution in [1.29, 1.82) is 0 Å². The summed E-state index contributed by atoms with van der Waals surface area (Å²) in [5, 5.41) is 4.91. The summed E-state index contributed by atoms with van der Waals surface area (Å²) in [7, 11) is 2.18. The first-order valence-electron chi connectivity index (χ1n) is 10.1. The van der Waals surface area contributed by atoms with E-state index in [9.17, 15) is 0 Å². The maximum absolute atomic E-state index is 5.86. The molecule has 4 rings (SSSR count). The molecule has 0 fully saturated rings. The second-order valence-electron chi connectivity index (χ2n) is 7.63. The molecule has 0 amide bonds. The Morgan fingerprint density at radius 1 is 0.933 bits per heavy atom. The predicted molar refractivity (Wildman–Crippen MR) is 122 cm³/mol. The average molecular weight is 417 g/mol. The number of aryl methyl sites for hydroxylation is 1. The highest BCUT2D eigenvalue weighted by Crippen LogP contribution is 2.19. The number of hydrogen-bond donors (Lipinski definition) is 1. The molecular weight excluding hydrogens is 390 g/mol. The first kappa shape index (κ1) is 20.2. The van der Waals surface area contributed by atoms with Crippen molar-refractivity contribution in [3.63, 3.8) is 0 Å². The van der Waals surface area contributed by atoms with Gasteiger partial charge in [-0.2, -0.15) is 4.68 Å². The topological polar surface area (TPSA) is 40.1 Å². The van der Waals surface area contributed by atoms with Crippen molar-refractivity contribution in [3.8, 4) is 11.4 Å². The van der Waals surface area contributed by atoms with Gasteiger partial charge in [0.05, 0.1) is 13.6 Å². The molecule has 2 aromatic heterocycles. The Morgan fingerprint density at radius 3 is 2.37 bits per heavy atom. The van der Waals surface area contributed by atoms with Crippen LogP contribution in [0.15, 0.2) is 79.1 Å². The number of nitrogens with zero attached hydrogens (tertiary/aromatic N) is 4. The summed E-state index contributed by atoms with van der Waals surface area (Å²) in [6.07, 6.45) is 3.58. The molecule has 0 aliphatic carbocycles. The third-order valence-corrected chi connectivity index (χ3v) is 5.65. The van der Waals surface area contributed by atoms with E-state index in [0.717, 1.165) is 22.7 Å². The highest BCUT2D eigenvalue weighted by molar-refractivity contribution is 7.71. The number of nitrogens with one attached hydrogen (secondary N) is 1. The molecule has 0 aliphatic rings. The second kappa shape index (κ2) is 9.15. The maximum atomic E-state index is 5.86. The highest BCUT2D eigenvalue weighted by atomic mass is 32.1. The molecule has 6 heteroatoms. The summed E-state index contributed by atoms with van der Waals surface area (Å²) in [5.74, 6) is 0.870. The van der Waals surface area contributed by atoms with Gasteiger partial charge in [-0.25, -0.2) is 0 Å². The molecule has 0 aliphatic heterocycles. The van der Waals surface area contributed by atoms with Crippen LogP contribution in [0.2, 0.25) is 0 Å². The Hall–Kier alpha value is -3.09. The van der Waals surface area contributed by atoms with Crippen molar-refractivity contribution < 1.29 is 4.90 Å². The summed E-state index contributed by atoms with van der Waals surface area (Å²) in [6, 6.07) is 22.8. The molecule has 5 nitrogen and oxygen atoms in total. The van der Waals surface area contributed by atoms with Crippen LogP contribution in [-0.4, -0.2) is 26.4 Å². The molecule has 0 saturated carbocycles. The van der Waals surface area contributed by atoms with Crippen LogP contribution in [0.25, 0.3) is 11.4 Å². The molecule has 0 saturated heterocycles. The van der Waals surface area contributed by atoms with Gasteiger partial charge in [-0.1, -0.05) is 54.6 Å². The minimum absolute atomic E-state index is 0.689. The first-order valence-corrected chi connectivity index (χ1v) is 10.5. The van der Waals surface area contributed by atoms with Crippen molar-refractivity contribution in [2.75, 3.05) is 7.05 Å². The Morgan fingerprint density at radius 2 is 1.63 bits per heavy atom. The standard InChI is InChI=1S/C24H25N5S/c1-19-8-6-7-11-22(19)17-27(2)18-29-24(30)28(16-20-9-4-3-5-10-20)23(26-29)21-12-14-25-15-13-21/h3-15H,16-18H2,1-2H3/p+1. The molecule has 2 heterocycles. The molecule has 1 atom stereocenters. The molecule has 0 bridgehead atoms. The zero-order valence-electron chi connectivity index (χ0n) is 17.3. The molecular formula is C24H26N5S+. The lowest BCUT2D eigenvalue weighted by Crippen LogP contribution is -3.07. The molecule has 2 aromatic carbocycles. The van der Waals surface area contributed by atoms with Crippen LogP contribution in [0.3, 0.4) is 0 Å². The molecule has 0 radical (unpaired) electrons. The third-order valence-electron chi connectivity index (χ3n) is 5.22. The van der Waals surface area contributed by atoms with Gasteiger partial charge >= 0.3 is 0 Å². The summed E-state index contributed by atoms with van der Waals surface area (Å²) in [4.78, 5) is 5.47. The predicted octanol–water partition coefficient (Wildman–Crippen LogP) is 3.51. The lowest BCUT2D eigenvalue weighted by molar-refractivity contribution is -0.917. The fraction of sp³-hybridized carbons (Fsp3) is 0.208. The Bertz CT molecular complexity index is 1170. The summed E-state index contributed by atoms with van der Waals surface area (Å²) in [6.45, 7) is 4.47. The smallest absolute Gasteiger partial charge is 0.203 e. The number of quaternary nitrogens is 1. The van der Waals surface area contributed by atoms with Crippen LogP contribution in [0, 0.1) is 11.7 Å². The lowest BCUT2D eigenvalue weighted by atomic mass is 10.1. The Kier molecular flexibility index (Phi) is 6.16. The van der Waals surface area contributed by atoms with E-state index in [2.05, 4.69) is 72.1 Å². The van der Waals surface area contributed by atoms with E-state index < -0.39 is 0 Å². The van der Waals surface area contributed by atoms with Gasteiger partial charge in [0, 0.05) is 23.5 Å². The van der Waals surface area contributed by atoms with Crippen molar-refractivity contribution in [1.82, 2.24) is 19.3 Å². The fourth-order valence-corrected chi connectivity index (χ4v) is 3.87. The van der Waals surface area contributed by atoms with E-state index >= 15 is 0 Å². The van der Waals surface area contributed by atoms with Crippen LogP contribution >= 0.6 is 12.2 Å². The normalized spacial score (nSPS) is 12.1. The van der Waals surface area contributed by atoms with E-state index in [4.69, 9.17) is 17.3 Å². The summed E-state index contributed by atoms with van der Waals surface area (Å²) < 4.78 is 4.79. The molecule has 30 heavy (non-hydrogen) atoms. The van der Waals surface area contributed by atoms with Crippen molar-refractivity contribution in [3.05, 3.63) is 101 Å². The lowest BCUT2D eigenvalue weighted by Gasteiger charge is -2.15. The van der Waals surface area contributed by atoms with Gasteiger partial charge in [-0.3, -0.25) is 9.55 Å². The zero-order chi connectivity index (χ0) is 20.9. The monoisotopic (exact) mass is 416 g/mol. The molecule has 1 unspecified atom stereocenters. The largest absolute Gasteiger partial charge is 0.315 e. The number of aromatic nitrogens is 4. The van der Waals surface area contributed by atoms with Gasteiger partial charge in [0.2, 0.25) is 4.77 Å². The molecule has 152 valence electrons. The maximum Gasteiger partial charge on any atom is 0.203 e. The van der Waals surface area contributed by atoms with Crippen LogP contribution < -0.4 is 4.90 Å². The van der Waals surface area contributed by atoms with Crippen LogP contribution in [0.4, 0.5) is 0 Å². The SMILES string of the molecule is Cc1ccccc1C[NH+](C)Cn1nc(-c2ccncc2)n(Cc2ccccc2)c1=S. The van der Waals surface area contributed by atoms with E-state index in [1.807, 2.05) is 22.9 Å². The highest BCUT2D eigenvalue weighted by Gasteiger charge is 2.16. The quantitative estimate of drug-likeness (QED) is 0.469. The van der Waals surface area contributed by atoms with E-state index in [0.29, 0.717) is 13.2 Å². The van der Waals surface area contributed by atoms with E-state index in [1.54, 1.807) is 12.4 Å². The molecule has 1 N–H and O–H groups in total. The number of hydrogen-bond acceptors (Lipinski definition) is 3. The van der Waals surface area contributed by atoms with Crippen LogP contribution in [-0.2, 0) is 19.8 Å². The van der Waals surface area contributed by atoms with Gasteiger partial charge in [0.1, 0.15) is 6.54 Å². The second-order valence-corrected chi connectivity index (χ2v) is 8.00. The van der Waals surface area contributed by atoms with E-state index in [1.165, 1.54) is 21.6 Å². The van der Waals surface area contributed by atoms with Crippen LogP contribution in [0.5, 0.6) is 0 Å². The number of benzene rings is 2. The van der Waals surface area contributed by atoms with Gasteiger partial charge in [-0.05, 0) is 42.4 Å². The molecule has 4 aromatic rings. The zero-order valence-corrected chi connectivity index (χ0v) is 18.1. The van der Waals surface area contributed by atoms with Gasteiger partial charge in [-0.15, -0.1) is 5.10 Å². The van der Waals surface area contributed by atoms with Crippen LogP contribution in [0.1, 0.15) is 16.7 Å². The summed E-state index contributed by atoms with van der Waals surface area (Å²) >= 11 is 5.86. The minimum atomic E-state index is 0.689. The van der Waals surface area contributed by atoms with Gasteiger partial charge < -0.3 is 4.90 Å². The third kappa shape index (κ3) is 4.56. The van der Waals surface area contributed by atoms with Gasteiger partial charge in [0.25, 0.3) is 0 Å². The van der Waals surface area contributed by atoms with Crippen molar-refractivity contribution in [2.24, 2.45) is 0 Å². The number of pyridine rings is 1. The summed E-state index contributed by atoms with van der Waals surface area (Å²) in [5.41, 5.74) is 4.87. The minimum Gasteiger partial charge on any atom is -0.315 e. The van der Waals surface area contributed by atoms with Gasteiger partial charge in [0.15, 0.2) is 12.5 Å².